The monoisotopic (exact) mass is 399 g/mol. The predicted octanol–water partition coefficient (Wildman–Crippen LogP) is 4.51. The summed E-state index contributed by atoms with van der Waals surface area (Å²) in [7, 11) is 3.96. The zero-order chi connectivity index (χ0) is 21.8. The van der Waals surface area contributed by atoms with Gasteiger partial charge >= 0.3 is 0 Å². The molecule has 4 aromatic rings. The van der Waals surface area contributed by atoms with E-state index in [0.717, 1.165) is 27.6 Å². The van der Waals surface area contributed by atoms with Gasteiger partial charge in [-0.15, -0.1) is 0 Å². The van der Waals surface area contributed by atoms with Gasteiger partial charge in [0.15, 0.2) is 11.4 Å². The van der Waals surface area contributed by atoms with Crippen LogP contribution in [0.4, 0.5) is 5.69 Å². The normalized spacial score (nSPS) is 9.94. The molecule has 0 saturated carbocycles. The smallest absolute Gasteiger partial charge is 0.178 e. The molecular formula is C26H17N5. The first kappa shape index (κ1) is 19.6. The molecular weight excluding hydrogens is 382 g/mol. The van der Waals surface area contributed by atoms with Gasteiger partial charge in [0.2, 0.25) is 0 Å². The van der Waals surface area contributed by atoms with Crippen molar-refractivity contribution in [2.45, 2.75) is 0 Å². The van der Waals surface area contributed by atoms with Gasteiger partial charge in [0, 0.05) is 30.9 Å². The Bertz CT molecular complexity index is 1430. The van der Waals surface area contributed by atoms with Crippen molar-refractivity contribution in [3.05, 3.63) is 89.4 Å². The minimum absolute atomic E-state index is 0.00783. The number of nitriles is 2. The molecule has 0 aliphatic rings. The van der Waals surface area contributed by atoms with Gasteiger partial charge < -0.3 is 4.90 Å². The molecule has 4 rings (SSSR count). The summed E-state index contributed by atoms with van der Waals surface area (Å²) in [5, 5.41) is 21.0. The second kappa shape index (κ2) is 8.37. The lowest BCUT2D eigenvalue weighted by Crippen LogP contribution is -2.07. The molecule has 5 heteroatoms. The summed E-state index contributed by atoms with van der Waals surface area (Å²) < 4.78 is 0. The fourth-order valence-corrected chi connectivity index (χ4v) is 3.19. The van der Waals surface area contributed by atoms with E-state index in [2.05, 4.69) is 21.8 Å². The molecule has 0 N–H and O–H groups in total. The third-order valence-electron chi connectivity index (χ3n) is 4.84. The first-order valence-electron chi connectivity index (χ1n) is 9.60. The van der Waals surface area contributed by atoms with E-state index < -0.39 is 0 Å². The Kier molecular flexibility index (Phi) is 5.31. The lowest BCUT2D eigenvalue weighted by Gasteiger charge is -2.11. The Morgan fingerprint density at radius 2 is 1.39 bits per heavy atom. The largest absolute Gasteiger partial charge is 0.378 e. The van der Waals surface area contributed by atoms with Crippen molar-refractivity contribution in [2.24, 2.45) is 0 Å². The van der Waals surface area contributed by atoms with Crippen molar-refractivity contribution >= 4 is 16.5 Å². The van der Waals surface area contributed by atoms with Gasteiger partial charge in [0.1, 0.15) is 23.5 Å². The van der Waals surface area contributed by atoms with Crippen molar-refractivity contribution in [1.29, 1.82) is 10.5 Å². The average molecular weight is 399 g/mol. The van der Waals surface area contributed by atoms with Crippen LogP contribution in [0, 0.1) is 34.5 Å². The Labute approximate surface area is 180 Å². The highest BCUT2D eigenvalue weighted by atomic mass is 15.1. The molecule has 31 heavy (non-hydrogen) atoms. The topological polar surface area (TPSA) is 76.6 Å². The number of hydrogen-bond acceptors (Lipinski definition) is 5. The van der Waals surface area contributed by atoms with Crippen LogP contribution in [0.5, 0.6) is 0 Å². The van der Waals surface area contributed by atoms with Crippen molar-refractivity contribution in [3.8, 4) is 35.2 Å². The summed E-state index contributed by atoms with van der Waals surface area (Å²) in [6.45, 7) is 0. The summed E-state index contributed by atoms with van der Waals surface area (Å²) in [6.07, 6.45) is 0. The molecule has 0 radical (unpaired) electrons. The molecule has 0 aliphatic heterocycles. The van der Waals surface area contributed by atoms with Gasteiger partial charge in [-0.25, -0.2) is 9.97 Å². The van der Waals surface area contributed by atoms with E-state index in [-0.39, 0.29) is 11.4 Å². The average Bonchev–Trinajstić information content (AvgIpc) is 2.82. The highest BCUT2D eigenvalue weighted by molar-refractivity contribution is 5.87. The number of nitrogens with zero attached hydrogens (tertiary/aromatic N) is 5. The molecule has 5 nitrogen and oxygen atoms in total. The summed E-state index contributed by atoms with van der Waals surface area (Å²) in [5.74, 6) is 6.15. The van der Waals surface area contributed by atoms with Gasteiger partial charge in [0.25, 0.3) is 0 Å². The lowest BCUT2D eigenvalue weighted by atomic mass is 10.0. The Morgan fingerprint density at radius 1 is 0.710 bits per heavy atom. The van der Waals surface area contributed by atoms with Crippen LogP contribution in [-0.4, -0.2) is 24.1 Å². The molecule has 146 valence electrons. The molecule has 0 atom stereocenters. The molecule has 0 amide bonds. The molecule has 1 heterocycles. The van der Waals surface area contributed by atoms with Crippen molar-refractivity contribution in [2.75, 3.05) is 19.0 Å². The Balaban J connectivity index is 1.85. The maximum Gasteiger partial charge on any atom is 0.178 e. The van der Waals surface area contributed by atoms with Gasteiger partial charge in [-0.1, -0.05) is 42.3 Å². The second-order valence-electron chi connectivity index (χ2n) is 7.09. The molecule has 0 unspecified atom stereocenters. The van der Waals surface area contributed by atoms with Crippen LogP contribution in [0.2, 0.25) is 0 Å². The van der Waals surface area contributed by atoms with Crippen LogP contribution in [0.1, 0.15) is 22.6 Å². The number of anilines is 1. The van der Waals surface area contributed by atoms with Crippen LogP contribution in [-0.2, 0) is 0 Å². The molecule has 0 fully saturated rings. The fourth-order valence-electron chi connectivity index (χ4n) is 3.19. The highest BCUT2D eigenvalue weighted by Crippen LogP contribution is 2.26. The summed E-state index contributed by atoms with van der Waals surface area (Å²) in [4.78, 5) is 10.8. The fraction of sp³-hybridized carbons (Fsp3) is 0.0769. The molecule has 0 saturated heterocycles. The highest BCUT2D eigenvalue weighted by Gasteiger charge is 2.14. The van der Waals surface area contributed by atoms with Crippen molar-refractivity contribution < 1.29 is 0 Å². The number of benzene rings is 3. The number of aromatic nitrogens is 2. The van der Waals surface area contributed by atoms with Gasteiger partial charge in [-0.2, -0.15) is 10.5 Å². The molecule has 0 aliphatic carbocycles. The van der Waals surface area contributed by atoms with E-state index in [9.17, 15) is 10.5 Å². The quantitative estimate of drug-likeness (QED) is 0.464. The van der Waals surface area contributed by atoms with Crippen molar-refractivity contribution in [1.82, 2.24) is 9.97 Å². The minimum atomic E-state index is -0.0284. The Hall–Kier alpha value is -4.66. The van der Waals surface area contributed by atoms with Gasteiger partial charge in [-0.05, 0) is 47.0 Å². The SMILES string of the molecule is CN(C)c1ccc(C#Cc2nc(C#N)c(C#N)nc2-c2ccc3ccccc3c2)cc1. The molecule has 0 bridgehead atoms. The summed E-state index contributed by atoms with van der Waals surface area (Å²) in [5.41, 5.74) is 3.50. The second-order valence-corrected chi connectivity index (χ2v) is 7.09. The first-order valence-corrected chi connectivity index (χ1v) is 9.60. The lowest BCUT2D eigenvalue weighted by molar-refractivity contribution is 1.11. The minimum Gasteiger partial charge on any atom is -0.378 e. The first-order chi connectivity index (χ1) is 15.1. The van der Waals surface area contributed by atoms with Gasteiger partial charge in [-0.3, -0.25) is 0 Å². The third-order valence-corrected chi connectivity index (χ3v) is 4.84. The van der Waals surface area contributed by atoms with Crippen LogP contribution in [0.25, 0.3) is 22.0 Å². The molecule has 0 spiro atoms. The van der Waals surface area contributed by atoms with Crippen LogP contribution in [0.15, 0.2) is 66.7 Å². The van der Waals surface area contributed by atoms with E-state index in [0.29, 0.717) is 11.4 Å². The van der Waals surface area contributed by atoms with E-state index >= 15 is 0 Å². The van der Waals surface area contributed by atoms with E-state index in [1.807, 2.05) is 97.9 Å². The Morgan fingerprint density at radius 3 is 2.06 bits per heavy atom. The maximum atomic E-state index is 9.42. The zero-order valence-corrected chi connectivity index (χ0v) is 17.1. The van der Waals surface area contributed by atoms with E-state index in [1.54, 1.807) is 0 Å². The maximum absolute atomic E-state index is 9.42. The third kappa shape index (κ3) is 4.06. The van der Waals surface area contributed by atoms with Gasteiger partial charge in [0.05, 0.1) is 0 Å². The number of hydrogen-bond donors (Lipinski definition) is 0. The summed E-state index contributed by atoms with van der Waals surface area (Å²) >= 11 is 0. The number of fused-ring (bicyclic) bond motifs is 1. The zero-order valence-electron chi connectivity index (χ0n) is 17.1. The van der Waals surface area contributed by atoms with E-state index in [4.69, 9.17) is 0 Å². The summed E-state index contributed by atoms with van der Waals surface area (Å²) in [6, 6.07) is 25.6. The van der Waals surface area contributed by atoms with Crippen LogP contribution in [0.3, 0.4) is 0 Å². The predicted molar refractivity (Wildman–Crippen MR) is 121 cm³/mol. The van der Waals surface area contributed by atoms with Crippen LogP contribution < -0.4 is 4.90 Å². The van der Waals surface area contributed by atoms with Crippen LogP contribution >= 0.6 is 0 Å². The molecule has 3 aromatic carbocycles. The van der Waals surface area contributed by atoms with E-state index in [1.165, 1.54) is 0 Å². The standard InChI is InChI=1S/C26H17N5/c1-31(2)22-12-7-18(8-13-22)9-14-23-26(30-25(17-28)24(16-27)29-23)21-11-10-19-5-3-4-6-20(19)15-21/h3-8,10-13,15H,1-2H3. The van der Waals surface area contributed by atoms with Crippen molar-refractivity contribution in [3.63, 3.8) is 0 Å². The number of rotatable bonds is 2. The molecule has 1 aromatic heterocycles.